The SMILES string of the molecule is CC(C)CN(C(=O)c1cnc(C(C)(C)C)nc1NCc1ccco1)[C@H]1CN(C(=O)OC(C)(C)C)C[C@@](C)(C(=O)O)C1. The lowest BCUT2D eigenvalue weighted by Crippen LogP contribution is -2.60. The molecule has 2 atom stereocenters. The van der Waals surface area contributed by atoms with Crippen molar-refractivity contribution in [3.63, 3.8) is 0 Å². The Kier molecular flexibility index (Phi) is 9.40. The molecule has 1 aliphatic rings. The molecule has 0 radical (unpaired) electrons. The first kappa shape index (κ1) is 31.9. The molecule has 0 bridgehead atoms. The van der Waals surface area contributed by atoms with Crippen molar-refractivity contribution in [3.05, 3.63) is 41.7 Å². The molecule has 0 saturated carbocycles. The zero-order valence-corrected chi connectivity index (χ0v) is 25.8. The number of furan rings is 1. The van der Waals surface area contributed by atoms with E-state index in [0.29, 0.717) is 30.5 Å². The molecule has 2 N–H and O–H groups in total. The van der Waals surface area contributed by atoms with Gasteiger partial charge in [0.25, 0.3) is 5.91 Å². The summed E-state index contributed by atoms with van der Waals surface area (Å²) in [4.78, 5) is 52.2. The minimum absolute atomic E-state index is 0.0171. The number of piperidine rings is 1. The average molecular weight is 572 g/mol. The number of carbonyl (C=O) groups is 3. The number of anilines is 1. The Hall–Kier alpha value is -3.63. The number of likely N-dealkylation sites (tertiary alicyclic amines) is 1. The molecule has 0 aliphatic carbocycles. The van der Waals surface area contributed by atoms with E-state index in [9.17, 15) is 19.5 Å². The number of aromatic nitrogens is 2. The molecule has 3 rings (SSSR count). The van der Waals surface area contributed by atoms with Gasteiger partial charge >= 0.3 is 12.1 Å². The molecule has 0 unspecified atom stereocenters. The van der Waals surface area contributed by atoms with E-state index < -0.39 is 29.1 Å². The van der Waals surface area contributed by atoms with Crippen LogP contribution in [0.2, 0.25) is 0 Å². The Morgan fingerprint density at radius 3 is 2.46 bits per heavy atom. The maximum absolute atomic E-state index is 14.3. The van der Waals surface area contributed by atoms with Crippen LogP contribution in [0.25, 0.3) is 0 Å². The summed E-state index contributed by atoms with van der Waals surface area (Å²) < 4.78 is 11.0. The number of ether oxygens (including phenoxy) is 1. The molecule has 3 heterocycles. The molecule has 41 heavy (non-hydrogen) atoms. The van der Waals surface area contributed by atoms with Crippen LogP contribution in [0.3, 0.4) is 0 Å². The number of carbonyl (C=O) groups excluding carboxylic acids is 2. The summed E-state index contributed by atoms with van der Waals surface area (Å²) in [5.74, 6) is 0.299. The van der Waals surface area contributed by atoms with Crippen molar-refractivity contribution in [3.8, 4) is 0 Å². The number of nitrogens with one attached hydrogen (secondary N) is 1. The number of amides is 2. The van der Waals surface area contributed by atoms with E-state index in [-0.39, 0.29) is 42.3 Å². The molecule has 0 aromatic carbocycles. The maximum atomic E-state index is 14.3. The number of carboxylic acid groups (broad SMARTS) is 1. The van der Waals surface area contributed by atoms with Crippen molar-refractivity contribution in [1.82, 2.24) is 19.8 Å². The number of aliphatic carboxylic acids is 1. The van der Waals surface area contributed by atoms with Gasteiger partial charge in [-0.25, -0.2) is 14.8 Å². The van der Waals surface area contributed by atoms with E-state index in [1.807, 2.05) is 40.7 Å². The van der Waals surface area contributed by atoms with Crippen LogP contribution in [0.15, 0.2) is 29.0 Å². The van der Waals surface area contributed by atoms with Gasteiger partial charge in [0.1, 0.15) is 28.6 Å². The van der Waals surface area contributed by atoms with Crippen LogP contribution >= 0.6 is 0 Å². The summed E-state index contributed by atoms with van der Waals surface area (Å²) in [6.07, 6.45) is 2.67. The summed E-state index contributed by atoms with van der Waals surface area (Å²) in [6.45, 7) is 17.6. The van der Waals surface area contributed by atoms with Gasteiger partial charge in [-0.1, -0.05) is 34.6 Å². The van der Waals surface area contributed by atoms with Crippen LogP contribution in [0.1, 0.15) is 90.7 Å². The molecular weight excluding hydrogens is 526 g/mol. The second-order valence-corrected chi connectivity index (χ2v) is 13.6. The number of carboxylic acids is 1. The maximum Gasteiger partial charge on any atom is 0.410 e. The lowest BCUT2D eigenvalue weighted by Gasteiger charge is -2.46. The first-order chi connectivity index (χ1) is 18.9. The van der Waals surface area contributed by atoms with Crippen LogP contribution in [0.5, 0.6) is 0 Å². The van der Waals surface area contributed by atoms with E-state index in [1.165, 1.54) is 11.1 Å². The van der Waals surface area contributed by atoms with E-state index in [2.05, 4.69) is 10.3 Å². The fourth-order valence-corrected chi connectivity index (χ4v) is 4.78. The lowest BCUT2D eigenvalue weighted by atomic mass is 9.79. The first-order valence-electron chi connectivity index (χ1n) is 14.1. The number of nitrogens with zero attached hydrogens (tertiary/aromatic N) is 4. The average Bonchev–Trinajstić information content (AvgIpc) is 3.37. The van der Waals surface area contributed by atoms with Crippen molar-refractivity contribution in [2.24, 2.45) is 11.3 Å². The van der Waals surface area contributed by atoms with Crippen molar-refractivity contribution in [1.29, 1.82) is 0 Å². The number of rotatable bonds is 8. The van der Waals surface area contributed by atoms with Crippen LogP contribution < -0.4 is 5.32 Å². The second-order valence-electron chi connectivity index (χ2n) is 13.6. The Labute approximate surface area is 242 Å². The van der Waals surface area contributed by atoms with Gasteiger partial charge in [-0.15, -0.1) is 0 Å². The standard InChI is InChI=1S/C30H45N5O6/c1-19(2)16-35(20-13-30(9,26(37)38)18-34(17-20)27(39)41-29(6,7)8)24(36)22-15-32-25(28(3,4)5)33-23(22)31-14-21-11-10-12-40-21/h10-12,15,19-20H,13-14,16-18H2,1-9H3,(H,37,38)(H,31,32,33)/t20-,30+/m1/s1. The van der Waals surface area contributed by atoms with Crippen LogP contribution in [-0.2, 0) is 21.5 Å². The van der Waals surface area contributed by atoms with Gasteiger partial charge in [0.15, 0.2) is 0 Å². The summed E-state index contributed by atoms with van der Waals surface area (Å²) in [6, 6.07) is 3.03. The molecule has 226 valence electrons. The summed E-state index contributed by atoms with van der Waals surface area (Å²) >= 11 is 0. The van der Waals surface area contributed by atoms with E-state index in [0.717, 1.165) is 0 Å². The highest BCUT2D eigenvalue weighted by molar-refractivity contribution is 5.98. The van der Waals surface area contributed by atoms with E-state index in [4.69, 9.17) is 14.1 Å². The van der Waals surface area contributed by atoms with Crippen LogP contribution in [-0.4, -0.2) is 74.1 Å². The predicted molar refractivity (Wildman–Crippen MR) is 155 cm³/mol. The van der Waals surface area contributed by atoms with Crippen molar-refractivity contribution >= 4 is 23.8 Å². The molecule has 1 saturated heterocycles. The molecule has 0 spiro atoms. The van der Waals surface area contributed by atoms with Gasteiger partial charge in [-0.3, -0.25) is 9.59 Å². The summed E-state index contributed by atoms with van der Waals surface area (Å²) in [5, 5.41) is 13.4. The smallest absolute Gasteiger partial charge is 0.410 e. The quantitative estimate of drug-likeness (QED) is 0.439. The van der Waals surface area contributed by atoms with Gasteiger partial charge < -0.3 is 29.4 Å². The van der Waals surface area contributed by atoms with Gasteiger partial charge in [-0.05, 0) is 52.2 Å². The Morgan fingerprint density at radius 2 is 1.93 bits per heavy atom. The zero-order valence-electron chi connectivity index (χ0n) is 25.8. The van der Waals surface area contributed by atoms with Crippen molar-refractivity contribution in [2.45, 2.75) is 92.3 Å². The van der Waals surface area contributed by atoms with Gasteiger partial charge in [-0.2, -0.15) is 0 Å². The molecular formula is C30H45N5O6. The van der Waals surface area contributed by atoms with Gasteiger partial charge in [0.2, 0.25) is 0 Å². The second kappa shape index (κ2) is 12.1. The van der Waals surface area contributed by atoms with Crippen molar-refractivity contribution < 1.29 is 28.6 Å². The largest absolute Gasteiger partial charge is 0.481 e. The van der Waals surface area contributed by atoms with Crippen molar-refractivity contribution in [2.75, 3.05) is 25.0 Å². The Balaban J connectivity index is 2.03. The highest BCUT2D eigenvalue weighted by atomic mass is 16.6. The minimum atomic E-state index is -1.28. The van der Waals surface area contributed by atoms with E-state index in [1.54, 1.807) is 44.9 Å². The molecule has 2 aromatic rings. The third-order valence-electron chi connectivity index (χ3n) is 6.79. The Bertz CT molecular complexity index is 1230. The number of hydrogen-bond acceptors (Lipinski definition) is 8. The molecule has 1 aliphatic heterocycles. The highest BCUT2D eigenvalue weighted by Crippen LogP contribution is 2.35. The van der Waals surface area contributed by atoms with Crippen LogP contribution in [0, 0.1) is 11.3 Å². The molecule has 1 fully saturated rings. The van der Waals surface area contributed by atoms with Gasteiger partial charge in [0.05, 0.1) is 24.3 Å². The lowest BCUT2D eigenvalue weighted by molar-refractivity contribution is -0.152. The third-order valence-corrected chi connectivity index (χ3v) is 6.79. The monoisotopic (exact) mass is 571 g/mol. The van der Waals surface area contributed by atoms with Crippen LogP contribution in [0.4, 0.5) is 10.6 Å². The fraction of sp³-hybridized carbons (Fsp3) is 0.633. The molecule has 11 heteroatoms. The van der Waals surface area contributed by atoms with E-state index >= 15 is 0 Å². The fourth-order valence-electron chi connectivity index (χ4n) is 4.78. The summed E-state index contributed by atoms with van der Waals surface area (Å²) in [7, 11) is 0. The third kappa shape index (κ3) is 8.20. The Morgan fingerprint density at radius 1 is 1.24 bits per heavy atom. The normalized spacial score (nSPS) is 19.7. The summed E-state index contributed by atoms with van der Waals surface area (Å²) in [5.41, 5.74) is -2.13. The molecule has 2 aromatic heterocycles. The topological polar surface area (TPSA) is 138 Å². The number of hydrogen-bond donors (Lipinski definition) is 2. The first-order valence-corrected chi connectivity index (χ1v) is 14.1. The van der Waals surface area contributed by atoms with Gasteiger partial charge in [0, 0.05) is 31.2 Å². The minimum Gasteiger partial charge on any atom is -0.481 e. The predicted octanol–water partition coefficient (Wildman–Crippen LogP) is 5.18. The molecule has 2 amide bonds. The molecule has 11 nitrogen and oxygen atoms in total. The zero-order chi connectivity index (χ0) is 30.8. The highest BCUT2D eigenvalue weighted by Gasteiger charge is 2.47.